The van der Waals surface area contributed by atoms with E-state index in [4.69, 9.17) is 4.74 Å². The van der Waals surface area contributed by atoms with E-state index >= 15 is 0 Å². The molecule has 3 aromatic rings. The average Bonchev–Trinajstić information content (AvgIpc) is 3.27. The van der Waals surface area contributed by atoms with Gasteiger partial charge in [-0.25, -0.2) is 27.5 Å². The summed E-state index contributed by atoms with van der Waals surface area (Å²) in [5.74, 6) is -3.55. The van der Waals surface area contributed by atoms with Gasteiger partial charge in [0, 0.05) is 34.7 Å². The zero-order valence-corrected chi connectivity index (χ0v) is 17.1. The fourth-order valence-electron chi connectivity index (χ4n) is 3.18. The third-order valence-electron chi connectivity index (χ3n) is 4.77. The lowest BCUT2D eigenvalue weighted by molar-refractivity contribution is 0.0856. The van der Waals surface area contributed by atoms with E-state index in [2.05, 4.69) is 19.6 Å². The molecular weight excluding hydrogens is 417 g/mol. The Balaban J connectivity index is 1.67. The Morgan fingerprint density at radius 1 is 1.30 bits per heavy atom. The molecule has 1 aliphatic carbocycles. The lowest BCUT2D eigenvalue weighted by atomic mass is 10.1. The summed E-state index contributed by atoms with van der Waals surface area (Å²) in [4.78, 5) is 8.52. The molecule has 1 N–H and O–H groups in total. The molecule has 0 amide bonds. The smallest absolute Gasteiger partial charge is 0.255 e. The van der Waals surface area contributed by atoms with Gasteiger partial charge in [-0.3, -0.25) is 4.21 Å². The minimum absolute atomic E-state index is 0.122. The molecule has 30 heavy (non-hydrogen) atoms. The second-order valence-corrected chi connectivity index (χ2v) is 8.31. The molecule has 1 aromatic heterocycles. The normalized spacial score (nSPS) is 18.4. The Kier molecular flexibility index (Phi) is 5.27. The number of fused-ring (bicyclic) bond motifs is 1. The van der Waals surface area contributed by atoms with Gasteiger partial charge in [-0.15, -0.1) is 0 Å². The Labute approximate surface area is 172 Å². The predicted octanol–water partition coefficient (Wildman–Crippen LogP) is 4.78. The van der Waals surface area contributed by atoms with Crippen LogP contribution in [0.25, 0.3) is 10.9 Å². The number of ether oxygens (including phenoxy) is 1. The summed E-state index contributed by atoms with van der Waals surface area (Å²) in [7, 11) is -1.70. The molecule has 0 spiro atoms. The van der Waals surface area contributed by atoms with E-state index in [1.54, 1.807) is 12.1 Å². The van der Waals surface area contributed by atoms with Gasteiger partial charge in [0.2, 0.25) is 0 Å². The molecule has 2 unspecified atom stereocenters. The van der Waals surface area contributed by atoms with E-state index in [0.717, 1.165) is 11.6 Å². The number of alkyl halides is 2. The highest BCUT2D eigenvalue weighted by molar-refractivity contribution is 7.74. The van der Waals surface area contributed by atoms with E-state index < -0.39 is 28.3 Å². The largest absolute Gasteiger partial charge is 0.491 e. The van der Waals surface area contributed by atoms with Gasteiger partial charge in [-0.05, 0) is 36.8 Å². The van der Waals surface area contributed by atoms with Gasteiger partial charge >= 0.3 is 0 Å². The van der Waals surface area contributed by atoms with Crippen molar-refractivity contribution in [2.45, 2.75) is 19.3 Å². The van der Waals surface area contributed by atoms with Crippen LogP contribution in [0.3, 0.4) is 0 Å². The fourth-order valence-corrected chi connectivity index (χ4v) is 3.62. The van der Waals surface area contributed by atoms with Gasteiger partial charge in [-0.1, -0.05) is 0 Å². The van der Waals surface area contributed by atoms with Crippen LogP contribution in [0.15, 0.2) is 41.0 Å². The minimum atomic E-state index is -2.72. The van der Waals surface area contributed by atoms with E-state index in [-0.39, 0.29) is 18.8 Å². The molecule has 1 aliphatic rings. The molecular formula is C20H19F3N4O2S. The summed E-state index contributed by atoms with van der Waals surface area (Å²) < 4.78 is 61.0. The highest BCUT2D eigenvalue weighted by Gasteiger charge is 2.57. The van der Waals surface area contributed by atoms with Gasteiger partial charge in [0.05, 0.1) is 29.4 Å². The monoisotopic (exact) mass is 436 g/mol. The maximum absolute atomic E-state index is 13.7. The summed E-state index contributed by atoms with van der Waals surface area (Å²) in [6.07, 6.45) is 2.64. The number of hydrogen-bond acceptors (Lipinski definition) is 6. The first-order valence-corrected chi connectivity index (χ1v) is 10.8. The zero-order chi connectivity index (χ0) is 21.5. The Hall–Kier alpha value is -2.88. The molecule has 158 valence electrons. The maximum atomic E-state index is 13.7. The highest BCUT2D eigenvalue weighted by atomic mass is 32.2. The molecule has 0 bridgehead atoms. The van der Waals surface area contributed by atoms with Crippen molar-refractivity contribution < 1.29 is 22.1 Å². The number of anilines is 2. The van der Waals surface area contributed by atoms with Crippen LogP contribution >= 0.6 is 0 Å². The van der Waals surface area contributed by atoms with Crippen LogP contribution in [-0.4, -0.2) is 33.0 Å². The van der Waals surface area contributed by atoms with Crippen molar-refractivity contribution in [3.05, 3.63) is 48.0 Å². The zero-order valence-electron chi connectivity index (χ0n) is 16.2. The van der Waals surface area contributed by atoms with Gasteiger partial charge in [0.25, 0.3) is 5.92 Å². The lowest BCUT2D eigenvalue weighted by Gasteiger charge is -2.15. The number of aryl methyl sites for hydroxylation is 1. The predicted molar refractivity (Wildman–Crippen MR) is 110 cm³/mol. The molecule has 2 atom stereocenters. The second kappa shape index (κ2) is 7.75. The molecule has 0 radical (unpaired) electrons. The molecule has 4 rings (SSSR count). The number of nitrogens with zero attached hydrogens (tertiary/aromatic N) is 3. The fraction of sp³-hybridized carbons (Fsp3) is 0.300. The van der Waals surface area contributed by atoms with Crippen molar-refractivity contribution in [3.8, 4) is 5.75 Å². The maximum Gasteiger partial charge on any atom is 0.255 e. The van der Waals surface area contributed by atoms with Crippen molar-refractivity contribution in [2.75, 3.05) is 18.2 Å². The summed E-state index contributed by atoms with van der Waals surface area (Å²) in [5, 5.41) is 3.79. The summed E-state index contributed by atoms with van der Waals surface area (Å²) >= 11 is 0. The van der Waals surface area contributed by atoms with Crippen molar-refractivity contribution >= 4 is 38.7 Å². The number of nitrogens with one attached hydrogen (secondary N) is 1. The van der Waals surface area contributed by atoms with Crippen LogP contribution in [0, 0.1) is 18.7 Å². The van der Waals surface area contributed by atoms with Gasteiger partial charge in [0.15, 0.2) is 0 Å². The summed E-state index contributed by atoms with van der Waals surface area (Å²) in [5.41, 5.74) is 2.33. The second-order valence-electron chi connectivity index (χ2n) is 7.18. The number of aromatic nitrogens is 2. The third-order valence-corrected chi connectivity index (χ3v) is 5.28. The van der Waals surface area contributed by atoms with E-state index in [1.165, 1.54) is 24.7 Å². The molecule has 6 nitrogen and oxygen atoms in total. The average molecular weight is 436 g/mol. The van der Waals surface area contributed by atoms with Crippen LogP contribution in [-0.2, 0) is 10.6 Å². The number of thiol groups is 1. The molecule has 1 fully saturated rings. The van der Waals surface area contributed by atoms with Crippen molar-refractivity contribution in [1.29, 1.82) is 0 Å². The van der Waals surface area contributed by atoms with Crippen molar-refractivity contribution in [1.82, 2.24) is 9.97 Å². The molecule has 2 aromatic carbocycles. The first-order valence-electron chi connectivity index (χ1n) is 9.18. The van der Waals surface area contributed by atoms with E-state index in [1.807, 2.05) is 6.92 Å². The van der Waals surface area contributed by atoms with Crippen LogP contribution in [0.1, 0.15) is 12.0 Å². The molecule has 10 heteroatoms. The number of hydrogen-bond donors (Lipinski definition) is 2. The lowest BCUT2D eigenvalue weighted by Crippen LogP contribution is -2.07. The van der Waals surface area contributed by atoms with Gasteiger partial charge < -0.3 is 10.1 Å². The Bertz CT molecular complexity index is 1210. The minimum Gasteiger partial charge on any atom is -0.491 e. The summed E-state index contributed by atoms with van der Waals surface area (Å²) in [6.45, 7) is 1.64. The van der Waals surface area contributed by atoms with E-state index in [9.17, 15) is 17.4 Å². The van der Waals surface area contributed by atoms with Crippen LogP contribution < -0.4 is 10.1 Å². The van der Waals surface area contributed by atoms with Crippen molar-refractivity contribution in [3.63, 3.8) is 0 Å². The quantitative estimate of drug-likeness (QED) is 0.544. The van der Waals surface area contributed by atoms with Crippen molar-refractivity contribution in [2.24, 2.45) is 10.3 Å². The SMILES string of the molecule is Cc1cc(/N=[SH](/C)=O)cc2ncnc(Nc3ccc(F)cc3OCC3CC3(F)F)c12. The number of halogens is 3. The molecule has 0 saturated heterocycles. The molecule has 1 heterocycles. The molecule has 0 aliphatic heterocycles. The van der Waals surface area contributed by atoms with Crippen LogP contribution in [0.5, 0.6) is 5.75 Å². The van der Waals surface area contributed by atoms with Gasteiger partial charge in [-0.2, -0.15) is 0 Å². The first-order chi connectivity index (χ1) is 14.2. The first kappa shape index (κ1) is 20.4. The Morgan fingerprint density at radius 2 is 2.07 bits per heavy atom. The third kappa shape index (κ3) is 4.33. The van der Waals surface area contributed by atoms with Crippen LogP contribution in [0.2, 0.25) is 0 Å². The number of benzene rings is 2. The number of rotatable bonds is 6. The topological polar surface area (TPSA) is 76.5 Å². The Morgan fingerprint density at radius 3 is 2.77 bits per heavy atom. The standard InChI is InChI=1S/C20H19F3N4O2S/c1-11-5-14(27-30(2)28)7-16-18(11)19(25-10-24-16)26-15-4-3-13(21)6-17(15)29-9-12-8-20(12,22)23/h3-7,10,12,30H,8-9H2,1-2H3,(H,24,25,26). The van der Waals surface area contributed by atoms with Gasteiger partial charge in [0.1, 0.15) is 23.7 Å². The van der Waals surface area contributed by atoms with E-state index in [0.29, 0.717) is 28.1 Å². The highest BCUT2D eigenvalue weighted by Crippen LogP contribution is 2.49. The molecule has 1 saturated carbocycles. The van der Waals surface area contributed by atoms with Crippen LogP contribution in [0.4, 0.5) is 30.4 Å². The summed E-state index contributed by atoms with van der Waals surface area (Å²) in [6, 6.07) is 7.32.